The summed E-state index contributed by atoms with van der Waals surface area (Å²) < 4.78 is 5.74. The second kappa shape index (κ2) is 5.38. The van der Waals surface area contributed by atoms with E-state index in [9.17, 15) is 4.91 Å². The van der Waals surface area contributed by atoms with Crippen molar-refractivity contribution in [1.82, 2.24) is 19.9 Å². The van der Waals surface area contributed by atoms with Crippen LogP contribution in [0.25, 0.3) is 33.8 Å². The average molecular weight is 303 g/mol. The zero-order valence-corrected chi connectivity index (χ0v) is 11.7. The van der Waals surface area contributed by atoms with Crippen LogP contribution in [0.3, 0.4) is 0 Å². The highest BCUT2D eigenvalue weighted by atomic mass is 16.3. The molecule has 7 nitrogen and oxygen atoms in total. The van der Waals surface area contributed by atoms with Crippen molar-refractivity contribution >= 4 is 16.9 Å². The zero-order chi connectivity index (χ0) is 15.6. The Hall–Kier alpha value is -3.48. The molecule has 0 saturated carbocycles. The molecule has 0 saturated heterocycles. The molecule has 4 aromatic rings. The van der Waals surface area contributed by atoms with Crippen LogP contribution < -0.4 is 0 Å². The van der Waals surface area contributed by atoms with Crippen molar-refractivity contribution in [1.29, 1.82) is 0 Å². The lowest BCUT2D eigenvalue weighted by Crippen LogP contribution is -1.85. The second-order valence-electron chi connectivity index (χ2n) is 4.79. The normalized spacial score (nSPS) is 10.8. The third kappa shape index (κ3) is 2.44. The molecular formula is C16H9N5O2. The molecule has 0 aliphatic rings. The summed E-state index contributed by atoms with van der Waals surface area (Å²) in [5.41, 5.74) is 3.65. The minimum Gasteiger partial charge on any atom is -0.436 e. The molecule has 0 aliphatic heterocycles. The number of rotatable bonds is 3. The van der Waals surface area contributed by atoms with Crippen LogP contribution in [-0.4, -0.2) is 19.9 Å². The molecule has 0 bridgehead atoms. The number of fused-ring (bicyclic) bond motifs is 1. The van der Waals surface area contributed by atoms with Gasteiger partial charge in [0.25, 0.3) is 0 Å². The second-order valence-corrected chi connectivity index (χ2v) is 4.79. The number of oxazole rings is 1. The Labute approximate surface area is 130 Å². The molecule has 3 heterocycles. The fourth-order valence-electron chi connectivity index (χ4n) is 2.22. The maximum atomic E-state index is 10.4. The first-order valence-corrected chi connectivity index (χ1v) is 6.80. The van der Waals surface area contributed by atoms with Gasteiger partial charge in [-0.2, -0.15) is 0 Å². The smallest absolute Gasteiger partial charge is 0.228 e. The Bertz CT molecular complexity index is 980. The molecule has 0 amide bonds. The summed E-state index contributed by atoms with van der Waals surface area (Å²) in [5, 5.41) is 2.74. The van der Waals surface area contributed by atoms with Gasteiger partial charge in [0, 0.05) is 18.0 Å². The van der Waals surface area contributed by atoms with E-state index in [0.29, 0.717) is 22.7 Å². The van der Waals surface area contributed by atoms with Crippen LogP contribution in [0.2, 0.25) is 0 Å². The van der Waals surface area contributed by atoms with Gasteiger partial charge in [0.1, 0.15) is 5.52 Å². The summed E-state index contributed by atoms with van der Waals surface area (Å²) in [5.74, 6) is 0.562. The lowest BCUT2D eigenvalue weighted by molar-refractivity contribution is 0.619. The third-order valence-corrected chi connectivity index (χ3v) is 3.32. The van der Waals surface area contributed by atoms with E-state index in [1.54, 1.807) is 12.4 Å². The molecule has 0 spiro atoms. The van der Waals surface area contributed by atoms with Crippen molar-refractivity contribution in [2.75, 3.05) is 0 Å². The SMILES string of the molecule is O=Nc1cnc(-c2ccc3oc(-c4cccnc4)nc3c2)cn1. The van der Waals surface area contributed by atoms with Gasteiger partial charge in [0.05, 0.1) is 23.7 Å². The van der Waals surface area contributed by atoms with Gasteiger partial charge in [0.2, 0.25) is 11.7 Å². The van der Waals surface area contributed by atoms with Crippen LogP contribution in [0.15, 0.2) is 64.7 Å². The van der Waals surface area contributed by atoms with E-state index in [1.165, 1.54) is 12.4 Å². The molecule has 7 heteroatoms. The highest BCUT2D eigenvalue weighted by Gasteiger charge is 2.10. The quantitative estimate of drug-likeness (QED) is 0.535. The largest absolute Gasteiger partial charge is 0.436 e. The fraction of sp³-hybridized carbons (Fsp3) is 0. The van der Waals surface area contributed by atoms with Crippen molar-refractivity contribution in [2.24, 2.45) is 5.18 Å². The van der Waals surface area contributed by atoms with Crippen LogP contribution in [0.1, 0.15) is 0 Å². The predicted octanol–water partition coefficient (Wildman–Crippen LogP) is 3.74. The van der Waals surface area contributed by atoms with Crippen LogP contribution in [0, 0.1) is 4.91 Å². The maximum Gasteiger partial charge on any atom is 0.228 e. The van der Waals surface area contributed by atoms with Gasteiger partial charge in [-0.1, -0.05) is 0 Å². The third-order valence-electron chi connectivity index (χ3n) is 3.32. The van der Waals surface area contributed by atoms with Gasteiger partial charge in [-0.15, -0.1) is 4.91 Å². The molecule has 0 N–H and O–H groups in total. The number of benzene rings is 1. The molecule has 0 fully saturated rings. The van der Waals surface area contributed by atoms with E-state index in [0.717, 1.165) is 11.1 Å². The van der Waals surface area contributed by atoms with Gasteiger partial charge in [0.15, 0.2) is 5.58 Å². The average Bonchev–Trinajstić information content (AvgIpc) is 3.06. The first kappa shape index (κ1) is 13.2. The Morgan fingerprint density at radius 3 is 2.70 bits per heavy atom. The number of pyridine rings is 1. The van der Waals surface area contributed by atoms with Gasteiger partial charge >= 0.3 is 0 Å². The maximum absolute atomic E-state index is 10.4. The number of hydrogen-bond acceptors (Lipinski definition) is 7. The molecule has 0 unspecified atom stereocenters. The van der Waals surface area contributed by atoms with Crippen molar-refractivity contribution in [3.8, 4) is 22.7 Å². The van der Waals surface area contributed by atoms with Crippen LogP contribution in [-0.2, 0) is 0 Å². The number of aromatic nitrogens is 4. The Kier molecular flexibility index (Phi) is 3.09. The van der Waals surface area contributed by atoms with Crippen molar-refractivity contribution in [3.63, 3.8) is 0 Å². The Morgan fingerprint density at radius 1 is 1.00 bits per heavy atom. The molecule has 110 valence electrons. The summed E-state index contributed by atoms with van der Waals surface area (Å²) in [6.45, 7) is 0. The molecule has 4 rings (SSSR count). The highest BCUT2D eigenvalue weighted by Crippen LogP contribution is 2.27. The molecular weight excluding hydrogens is 294 g/mol. The summed E-state index contributed by atoms with van der Waals surface area (Å²) in [4.78, 5) is 27.0. The Balaban J connectivity index is 1.77. The number of hydrogen-bond donors (Lipinski definition) is 0. The Morgan fingerprint density at radius 2 is 1.96 bits per heavy atom. The minimum absolute atomic E-state index is 0.0510. The number of nitrogens with zero attached hydrogens (tertiary/aromatic N) is 5. The minimum atomic E-state index is 0.0510. The molecule has 0 atom stereocenters. The summed E-state index contributed by atoms with van der Waals surface area (Å²) in [6, 6.07) is 9.25. The van der Waals surface area contributed by atoms with E-state index in [-0.39, 0.29) is 5.82 Å². The monoisotopic (exact) mass is 303 g/mol. The molecule has 0 aliphatic carbocycles. The van der Waals surface area contributed by atoms with Gasteiger partial charge in [-0.25, -0.2) is 9.97 Å². The lowest BCUT2D eigenvalue weighted by atomic mass is 10.1. The van der Waals surface area contributed by atoms with E-state index in [4.69, 9.17) is 4.42 Å². The zero-order valence-electron chi connectivity index (χ0n) is 11.7. The van der Waals surface area contributed by atoms with Gasteiger partial charge in [-0.3, -0.25) is 9.97 Å². The lowest BCUT2D eigenvalue weighted by Gasteiger charge is -1.99. The van der Waals surface area contributed by atoms with Crippen molar-refractivity contribution in [3.05, 3.63) is 60.0 Å². The van der Waals surface area contributed by atoms with E-state index in [1.807, 2.05) is 30.3 Å². The molecule has 1 aromatic carbocycles. The molecule has 0 radical (unpaired) electrons. The summed E-state index contributed by atoms with van der Waals surface area (Å²) in [7, 11) is 0. The first-order valence-electron chi connectivity index (χ1n) is 6.80. The topological polar surface area (TPSA) is 94.1 Å². The first-order chi connectivity index (χ1) is 11.3. The molecule has 23 heavy (non-hydrogen) atoms. The predicted molar refractivity (Wildman–Crippen MR) is 83.7 cm³/mol. The number of nitroso groups, excluding NO2 is 1. The summed E-state index contributed by atoms with van der Waals surface area (Å²) >= 11 is 0. The van der Waals surface area contributed by atoms with Gasteiger partial charge < -0.3 is 4.42 Å². The van der Waals surface area contributed by atoms with E-state index >= 15 is 0 Å². The van der Waals surface area contributed by atoms with Crippen LogP contribution in [0.5, 0.6) is 0 Å². The van der Waals surface area contributed by atoms with Crippen LogP contribution >= 0.6 is 0 Å². The van der Waals surface area contributed by atoms with Crippen molar-refractivity contribution in [2.45, 2.75) is 0 Å². The standard InChI is InChI=1S/C16H9N5O2/c22-21-15-9-18-13(8-19-15)10-3-4-14-12(6-10)20-16(23-14)11-2-1-5-17-7-11/h1-9H. The van der Waals surface area contributed by atoms with Crippen LogP contribution in [0.4, 0.5) is 5.82 Å². The fourth-order valence-corrected chi connectivity index (χ4v) is 2.22. The van der Waals surface area contributed by atoms with E-state index in [2.05, 4.69) is 25.1 Å². The summed E-state index contributed by atoms with van der Waals surface area (Å²) in [6.07, 6.45) is 6.22. The highest BCUT2D eigenvalue weighted by molar-refractivity contribution is 5.81. The van der Waals surface area contributed by atoms with Crippen molar-refractivity contribution < 1.29 is 4.42 Å². The van der Waals surface area contributed by atoms with Gasteiger partial charge in [-0.05, 0) is 35.5 Å². The molecule has 3 aromatic heterocycles. The van der Waals surface area contributed by atoms with E-state index < -0.39 is 0 Å².